The van der Waals surface area contributed by atoms with Crippen molar-refractivity contribution in [3.63, 3.8) is 0 Å². The number of benzene rings is 2. The molecule has 2 aromatic rings. The van der Waals surface area contributed by atoms with Gasteiger partial charge in [-0.2, -0.15) is 5.26 Å². The number of anilines is 2. The number of carbonyl (C=O) groups excluding carboxylic acids is 1. The number of hydrogen-bond donors (Lipinski definition) is 1. The highest BCUT2D eigenvalue weighted by Crippen LogP contribution is 2.28. The second-order valence-electron chi connectivity index (χ2n) is 10.3. The Balaban J connectivity index is 1.17. The fourth-order valence-electron chi connectivity index (χ4n) is 5.18. The lowest BCUT2D eigenvalue weighted by Gasteiger charge is -2.37. The maximum atomic E-state index is 12.9. The third-order valence-corrected chi connectivity index (χ3v) is 7.93. The molecule has 4 rings (SSSR count). The monoisotopic (exact) mass is 497 g/mol. The van der Waals surface area contributed by atoms with E-state index in [2.05, 4.69) is 65.5 Å². The van der Waals surface area contributed by atoms with Crippen molar-refractivity contribution in [2.75, 3.05) is 56.0 Å². The number of hydrogen-bond acceptors (Lipinski definition) is 5. The molecule has 2 saturated heterocycles. The third kappa shape index (κ3) is 6.61. The Morgan fingerprint density at radius 3 is 2.35 bits per heavy atom. The summed E-state index contributed by atoms with van der Waals surface area (Å²) in [7, 11) is 0. The predicted molar refractivity (Wildman–Crippen MR) is 152 cm³/mol. The summed E-state index contributed by atoms with van der Waals surface area (Å²) in [5.41, 5.74) is 3.87. The van der Waals surface area contributed by atoms with Crippen molar-refractivity contribution in [2.24, 2.45) is 0 Å². The van der Waals surface area contributed by atoms with Crippen molar-refractivity contribution < 1.29 is 4.79 Å². The molecule has 2 heterocycles. The van der Waals surface area contributed by atoms with Gasteiger partial charge in [-0.3, -0.25) is 9.69 Å². The van der Waals surface area contributed by atoms with Crippen LogP contribution in [0.2, 0.25) is 0 Å². The number of piperidine rings is 1. The SMILES string of the molecule is C=CC(C)(C=C)c1ccc(N2CCN(CCC(=O)N3CCC(Nc4cccc(C#N)c4)CC3)CC2)cc1. The third-order valence-electron chi connectivity index (χ3n) is 7.93. The number of rotatable bonds is 9. The minimum absolute atomic E-state index is 0.209. The van der Waals surface area contributed by atoms with E-state index in [0.29, 0.717) is 18.0 Å². The first-order chi connectivity index (χ1) is 17.9. The average Bonchev–Trinajstić information content (AvgIpc) is 2.96. The average molecular weight is 498 g/mol. The van der Waals surface area contributed by atoms with Crippen LogP contribution in [0, 0.1) is 11.3 Å². The quantitative estimate of drug-likeness (QED) is 0.504. The molecule has 1 amide bonds. The standard InChI is InChI=1S/C31H39N5O/c1-4-31(3,5-2)26-9-11-29(12-10-26)35-21-19-34(20-22-35)16-15-30(37)36-17-13-27(14-18-36)33-28-8-6-7-25(23-28)24-32/h4-12,23,27,33H,1-2,13-22H2,3H3. The van der Waals surface area contributed by atoms with Gasteiger partial charge < -0.3 is 15.1 Å². The number of amides is 1. The first-order valence-electron chi connectivity index (χ1n) is 13.3. The van der Waals surface area contributed by atoms with Gasteiger partial charge in [0.2, 0.25) is 5.91 Å². The van der Waals surface area contributed by atoms with Crippen LogP contribution in [0.25, 0.3) is 0 Å². The summed E-state index contributed by atoms with van der Waals surface area (Å²) in [6, 6.07) is 18.8. The maximum absolute atomic E-state index is 12.9. The zero-order chi connectivity index (χ0) is 26.3. The van der Waals surface area contributed by atoms with Crippen LogP contribution in [0.5, 0.6) is 0 Å². The molecule has 194 valence electrons. The van der Waals surface area contributed by atoms with Crippen molar-refractivity contribution in [2.45, 2.75) is 37.6 Å². The van der Waals surface area contributed by atoms with Gasteiger partial charge in [-0.15, -0.1) is 13.2 Å². The second kappa shape index (κ2) is 12.1. The van der Waals surface area contributed by atoms with E-state index in [1.54, 1.807) is 0 Å². The van der Waals surface area contributed by atoms with E-state index in [9.17, 15) is 4.79 Å². The molecular formula is C31H39N5O. The molecule has 0 aromatic heterocycles. The fraction of sp³-hybridized carbons (Fsp3) is 0.419. The van der Waals surface area contributed by atoms with Crippen LogP contribution in [0.1, 0.15) is 37.3 Å². The van der Waals surface area contributed by atoms with E-state index < -0.39 is 0 Å². The molecule has 0 radical (unpaired) electrons. The molecule has 0 aliphatic carbocycles. The molecule has 6 nitrogen and oxygen atoms in total. The molecule has 0 saturated carbocycles. The van der Waals surface area contributed by atoms with Crippen molar-refractivity contribution in [3.05, 3.63) is 85.0 Å². The number of piperazine rings is 1. The van der Waals surface area contributed by atoms with Crippen molar-refractivity contribution in [1.82, 2.24) is 9.80 Å². The van der Waals surface area contributed by atoms with E-state index in [1.165, 1.54) is 11.3 Å². The van der Waals surface area contributed by atoms with Gasteiger partial charge in [0.25, 0.3) is 0 Å². The number of likely N-dealkylation sites (tertiary alicyclic amines) is 1. The largest absolute Gasteiger partial charge is 0.382 e. The molecular weight excluding hydrogens is 458 g/mol. The lowest BCUT2D eigenvalue weighted by atomic mass is 9.83. The highest BCUT2D eigenvalue weighted by Gasteiger charge is 2.24. The van der Waals surface area contributed by atoms with Gasteiger partial charge in [-0.05, 0) is 55.7 Å². The molecule has 6 heteroatoms. The fourth-order valence-corrected chi connectivity index (χ4v) is 5.18. The van der Waals surface area contributed by atoms with E-state index >= 15 is 0 Å². The second-order valence-corrected chi connectivity index (χ2v) is 10.3. The first kappa shape index (κ1) is 26.5. The molecule has 2 fully saturated rings. The van der Waals surface area contributed by atoms with Crippen LogP contribution >= 0.6 is 0 Å². The van der Waals surface area contributed by atoms with Gasteiger partial charge in [0.05, 0.1) is 11.6 Å². The van der Waals surface area contributed by atoms with Gasteiger partial charge in [-0.1, -0.05) is 30.4 Å². The van der Waals surface area contributed by atoms with Crippen LogP contribution in [0.15, 0.2) is 73.8 Å². The number of carbonyl (C=O) groups is 1. The molecule has 37 heavy (non-hydrogen) atoms. The summed E-state index contributed by atoms with van der Waals surface area (Å²) in [5.74, 6) is 0.260. The van der Waals surface area contributed by atoms with Crippen LogP contribution in [-0.4, -0.2) is 67.6 Å². The van der Waals surface area contributed by atoms with E-state index in [4.69, 9.17) is 5.26 Å². The molecule has 0 bridgehead atoms. The van der Waals surface area contributed by atoms with Crippen LogP contribution in [0.4, 0.5) is 11.4 Å². The van der Waals surface area contributed by atoms with E-state index in [0.717, 1.165) is 64.3 Å². The number of nitriles is 1. The predicted octanol–water partition coefficient (Wildman–Crippen LogP) is 4.80. The van der Waals surface area contributed by atoms with E-state index in [1.807, 2.05) is 41.3 Å². The van der Waals surface area contributed by atoms with Crippen LogP contribution < -0.4 is 10.2 Å². The Kier molecular flexibility index (Phi) is 8.68. The molecule has 2 aliphatic rings. The summed E-state index contributed by atoms with van der Waals surface area (Å²) in [6.07, 6.45) is 6.31. The number of allylic oxidation sites excluding steroid dienone is 2. The highest BCUT2D eigenvalue weighted by molar-refractivity contribution is 5.76. The molecule has 0 spiro atoms. The normalized spacial score (nSPS) is 17.2. The topological polar surface area (TPSA) is 62.6 Å². The van der Waals surface area contributed by atoms with Gasteiger partial charge >= 0.3 is 0 Å². The first-order valence-corrected chi connectivity index (χ1v) is 13.3. The summed E-state index contributed by atoms with van der Waals surface area (Å²) in [6.45, 7) is 16.3. The van der Waals surface area contributed by atoms with Crippen molar-refractivity contribution in [1.29, 1.82) is 5.26 Å². The molecule has 2 aromatic carbocycles. The minimum Gasteiger partial charge on any atom is -0.382 e. The Labute approximate surface area is 221 Å². The van der Waals surface area contributed by atoms with Crippen molar-refractivity contribution >= 4 is 17.3 Å². The zero-order valence-corrected chi connectivity index (χ0v) is 22.0. The van der Waals surface area contributed by atoms with Gasteiger partial charge in [0.1, 0.15) is 0 Å². The van der Waals surface area contributed by atoms with Crippen LogP contribution in [-0.2, 0) is 10.2 Å². The Bertz CT molecular complexity index is 1110. The van der Waals surface area contributed by atoms with E-state index in [-0.39, 0.29) is 11.3 Å². The molecule has 1 N–H and O–H groups in total. The smallest absolute Gasteiger partial charge is 0.223 e. The summed E-state index contributed by atoms with van der Waals surface area (Å²) >= 11 is 0. The van der Waals surface area contributed by atoms with Crippen molar-refractivity contribution in [3.8, 4) is 6.07 Å². The Hall–Kier alpha value is -3.56. The molecule has 0 atom stereocenters. The highest BCUT2D eigenvalue weighted by atomic mass is 16.2. The number of nitrogens with one attached hydrogen (secondary N) is 1. The lowest BCUT2D eigenvalue weighted by molar-refractivity contribution is -0.132. The maximum Gasteiger partial charge on any atom is 0.223 e. The Morgan fingerprint density at radius 1 is 1.05 bits per heavy atom. The number of nitrogens with zero attached hydrogens (tertiary/aromatic N) is 4. The zero-order valence-electron chi connectivity index (χ0n) is 22.0. The minimum atomic E-state index is -0.209. The summed E-state index contributed by atoms with van der Waals surface area (Å²) < 4.78 is 0. The molecule has 0 unspecified atom stereocenters. The van der Waals surface area contributed by atoms with Gasteiger partial charge in [0, 0.05) is 75.1 Å². The van der Waals surface area contributed by atoms with Gasteiger partial charge in [-0.25, -0.2) is 0 Å². The lowest BCUT2D eigenvalue weighted by Crippen LogP contribution is -2.48. The Morgan fingerprint density at radius 2 is 1.73 bits per heavy atom. The molecule has 2 aliphatic heterocycles. The van der Waals surface area contributed by atoms with Gasteiger partial charge in [0.15, 0.2) is 0 Å². The summed E-state index contributed by atoms with van der Waals surface area (Å²) in [5, 5.41) is 12.6. The van der Waals surface area contributed by atoms with Crippen LogP contribution in [0.3, 0.4) is 0 Å². The summed E-state index contributed by atoms with van der Waals surface area (Å²) in [4.78, 5) is 19.7.